The summed E-state index contributed by atoms with van der Waals surface area (Å²) in [6.45, 7) is 3.87. The summed E-state index contributed by atoms with van der Waals surface area (Å²) in [5, 5.41) is 5.09. The molecule has 0 unspecified atom stereocenters. The second-order valence-electron chi connectivity index (χ2n) is 4.12. The monoisotopic (exact) mass is 342 g/mol. The van der Waals surface area contributed by atoms with Gasteiger partial charge in [0.15, 0.2) is 0 Å². The summed E-state index contributed by atoms with van der Waals surface area (Å²) >= 11 is 3.23. The molecule has 0 aliphatic rings. The van der Waals surface area contributed by atoms with Gasteiger partial charge < -0.3 is 10.6 Å². The number of halogens is 2. The summed E-state index contributed by atoms with van der Waals surface area (Å²) in [7, 11) is 0. The largest absolute Gasteiger partial charge is 0.355 e. The zero-order valence-electron chi connectivity index (χ0n) is 11.2. The molecule has 2 N–H and O–H groups in total. The maximum atomic E-state index is 13.4. The molecular weight excluding hydrogens is 327 g/mol. The SMILES string of the molecule is CCNC(=O)[C@@H](C)NC(=O)/C=C/c1cc(Br)ccc1F. The minimum atomic E-state index is -0.639. The molecule has 0 aliphatic heterocycles. The zero-order chi connectivity index (χ0) is 15.1. The van der Waals surface area contributed by atoms with Gasteiger partial charge in [-0.1, -0.05) is 15.9 Å². The smallest absolute Gasteiger partial charge is 0.244 e. The van der Waals surface area contributed by atoms with E-state index in [2.05, 4.69) is 26.6 Å². The maximum absolute atomic E-state index is 13.4. The van der Waals surface area contributed by atoms with E-state index in [1.807, 2.05) is 0 Å². The molecule has 0 bridgehead atoms. The van der Waals surface area contributed by atoms with Crippen molar-refractivity contribution >= 4 is 33.8 Å². The van der Waals surface area contributed by atoms with Crippen molar-refractivity contribution in [1.82, 2.24) is 10.6 Å². The Morgan fingerprint density at radius 1 is 1.45 bits per heavy atom. The minimum absolute atomic E-state index is 0.261. The van der Waals surface area contributed by atoms with Crippen LogP contribution in [-0.4, -0.2) is 24.4 Å². The van der Waals surface area contributed by atoms with E-state index in [1.165, 1.54) is 18.2 Å². The molecule has 2 amide bonds. The molecule has 0 radical (unpaired) electrons. The van der Waals surface area contributed by atoms with Crippen LogP contribution in [-0.2, 0) is 9.59 Å². The zero-order valence-corrected chi connectivity index (χ0v) is 12.8. The van der Waals surface area contributed by atoms with Gasteiger partial charge in [-0.15, -0.1) is 0 Å². The van der Waals surface area contributed by atoms with E-state index in [1.54, 1.807) is 26.0 Å². The maximum Gasteiger partial charge on any atom is 0.244 e. The summed E-state index contributed by atoms with van der Waals surface area (Å²) in [5.41, 5.74) is 0.292. The molecule has 0 heterocycles. The first-order valence-corrected chi connectivity index (χ1v) is 6.94. The number of rotatable bonds is 5. The van der Waals surface area contributed by atoms with E-state index < -0.39 is 17.8 Å². The van der Waals surface area contributed by atoms with Crippen molar-refractivity contribution in [3.63, 3.8) is 0 Å². The van der Waals surface area contributed by atoms with E-state index >= 15 is 0 Å². The molecule has 0 spiro atoms. The van der Waals surface area contributed by atoms with Crippen LogP contribution in [0.1, 0.15) is 19.4 Å². The number of carbonyl (C=O) groups excluding carboxylic acids is 2. The molecule has 1 rings (SSSR count). The van der Waals surface area contributed by atoms with Crippen LogP contribution in [0.4, 0.5) is 4.39 Å². The molecule has 1 aromatic rings. The topological polar surface area (TPSA) is 58.2 Å². The fourth-order valence-corrected chi connectivity index (χ4v) is 1.84. The lowest BCUT2D eigenvalue weighted by Crippen LogP contribution is -2.44. The van der Waals surface area contributed by atoms with Crippen LogP contribution >= 0.6 is 15.9 Å². The van der Waals surface area contributed by atoms with Gasteiger partial charge in [-0.25, -0.2) is 4.39 Å². The molecule has 6 heteroatoms. The van der Waals surface area contributed by atoms with Gasteiger partial charge in [0, 0.05) is 22.7 Å². The number of amides is 2. The predicted molar refractivity (Wildman–Crippen MR) is 79.4 cm³/mol. The van der Waals surface area contributed by atoms with Gasteiger partial charge in [-0.05, 0) is 38.1 Å². The van der Waals surface area contributed by atoms with Gasteiger partial charge in [-0.3, -0.25) is 9.59 Å². The van der Waals surface area contributed by atoms with Crippen molar-refractivity contribution in [1.29, 1.82) is 0 Å². The van der Waals surface area contributed by atoms with Crippen LogP contribution in [0.2, 0.25) is 0 Å². The number of nitrogens with one attached hydrogen (secondary N) is 2. The van der Waals surface area contributed by atoms with Crippen molar-refractivity contribution < 1.29 is 14.0 Å². The summed E-state index contributed by atoms with van der Waals surface area (Å²) in [6, 6.07) is 3.80. The lowest BCUT2D eigenvalue weighted by molar-refractivity contribution is -0.126. The van der Waals surface area contributed by atoms with Crippen LogP contribution in [0.25, 0.3) is 6.08 Å². The average molecular weight is 343 g/mol. The fraction of sp³-hybridized carbons (Fsp3) is 0.286. The van der Waals surface area contributed by atoms with E-state index in [0.717, 1.165) is 4.47 Å². The summed E-state index contributed by atoms with van der Waals surface area (Å²) < 4.78 is 14.2. The Morgan fingerprint density at radius 3 is 2.80 bits per heavy atom. The Kier molecular flexibility index (Phi) is 6.38. The second kappa shape index (κ2) is 7.79. The highest BCUT2D eigenvalue weighted by molar-refractivity contribution is 9.10. The second-order valence-corrected chi connectivity index (χ2v) is 5.04. The summed E-state index contributed by atoms with van der Waals surface area (Å²) in [6.07, 6.45) is 2.56. The molecule has 0 saturated heterocycles. The van der Waals surface area contributed by atoms with Gasteiger partial charge in [0.1, 0.15) is 11.9 Å². The van der Waals surface area contributed by atoms with Crippen LogP contribution in [0, 0.1) is 5.82 Å². The van der Waals surface area contributed by atoms with E-state index in [-0.39, 0.29) is 5.91 Å². The van der Waals surface area contributed by atoms with E-state index in [0.29, 0.717) is 12.1 Å². The van der Waals surface area contributed by atoms with Crippen molar-refractivity contribution in [2.45, 2.75) is 19.9 Å². The molecule has 1 atom stereocenters. The molecule has 0 aromatic heterocycles. The molecule has 20 heavy (non-hydrogen) atoms. The van der Waals surface area contributed by atoms with Crippen molar-refractivity contribution in [3.8, 4) is 0 Å². The average Bonchev–Trinajstić information content (AvgIpc) is 2.40. The number of benzene rings is 1. The van der Waals surface area contributed by atoms with Crippen molar-refractivity contribution in [2.24, 2.45) is 0 Å². The van der Waals surface area contributed by atoms with Crippen molar-refractivity contribution in [2.75, 3.05) is 6.54 Å². The van der Waals surface area contributed by atoms with Crippen LogP contribution in [0.3, 0.4) is 0 Å². The number of hydrogen-bond donors (Lipinski definition) is 2. The van der Waals surface area contributed by atoms with Gasteiger partial charge in [0.2, 0.25) is 11.8 Å². The molecular formula is C14H16BrFN2O2. The molecule has 1 aromatic carbocycles. The first kappa shape index (κ1) is 16.4. The Labute approximate surface area is 125 Å². The van der Waals surface area contributed by atoms with Gasteiger partial charge in [-0.2, -0.15) is 0 Å². The molecule has 0 saturated carbocycles. The molecule has 4 nitrogen and oxygen atoms in total. The standard InChI is InChI=1S/C14H16BrFN2O2/c1-3-17-14(20)9(2)18-13(19)7-4-10-8-11(15)5-6-12(10)16/h4-9H,3H2,1-2H3,(H,17,20)(H,18,19)/b7-4+/t9-/m1/s1. The highest BCUT2D eigenvalue weighted by atomic mass is 79.9. The molecule has 108 valence electrons. The number of hydrogen-bond acceptors (Lipinski definition) is 2. The van der Waals surface area contributed by atoms with Gasteiger partial charge in [0.25, 0.3) is 0 Å². The summed E-state index contributed by atoms with van der Waals surface area (Å²) in [5.74, 6) is -1.14. The van der Waals surface area contributed by atoms with Gasteiger partial charge in [0.05, 0.1) is 0 Å². The minimum Gasteiger partial charge on any atom is -0.355 e. The lowest BCUT2D eigenvalue weighted by atomic mass is 10.2. The highest BCUT2D eigenvalue weighted by Gasteiger charge is 2.12. The Morgan fingerprint density at radius 2 is 2.15 bits per heavy atom. The van der Waals surface area contributed by atoms with Crippen LogP contribution < -0.4 is 10.6 Å². The van der Waals surface area contributed by atoms with E-state index in [9.17, 15) is 14.0 Å². The number of likely N-dealkylation sites (N-methyl/N-ethyl adjacent to an activating group) is 1. The van der Waals surface area contributed by atoms with E-state index in [4.69, 9.17) is 0 Å². The normalized spacial score (nSPS) is 12.2. The third-order valence-corrected chi connectivity index (χ3v) is 2.97. The molecule has 0 aliphatic carbocycles. The Balaban J connectivity index is 2.64. The predicted octanol–water partition coefficient (Wildman–Crippen LogP) is 2.24. The van der Waals surface area contributed by atoms with Crippen molar-refractivity contribution in [3.05, 3.63) is 40.1 Å². The Bertz CT molecular complexity index is 532. The fourth-order valence-electron chi connectivity index (χ4n) is 1.46. The van der Waals surface area contributed by atoms with Crippen LogP contribution in [0.15, 0.2) is 28.7 Å². The molecule has 0 fully saturated rings. The third kappa shape index (κ3) is 5.13. The number of carbonyl (C=O) groups is 2. The Hall–Kier alpha value is -1.69. The quantitative estimate of drug-likeness (QED) is 0.806. The summed E-state index contributed by atoms with van der Waals surface area (Å²) in [4.78, 5) is 23.1. The first-order chi connectivity index (χ1) is 9.43. The van der Waals surface area contributed by atoms with Gasteiger partial charge >= 0.3 is 0 Å². The highest BCUT2D eigenvalue weighted by Crippen LogP contribution is 2.16. The van der Waals surface area contributed by atoms with Crippen LogP contribution in [0.5, 0.6) is 0 Å². The lowest BCUT2D eigenvalue weighted by Gasteiger charge is -2.11. The third-order valence-electron chi connectivity index (χ3n) is 2.48. The first-order valence-electron chi connectivity index (χ1n) is 6.15.